The summed E-state index contributed by atoms with van der Waals surface area (Å²) in [5.74, 6) is 0.295. The second-order valence-corrected chi connectivity index (χ2v) is 7.76. The number of ether oxygens (including phenoxy) is 2. The summed E-state index contributed by atoms with van der Waals surface area (Å²) >= 11 is 0. The van der Waals surface area contributed by atoms with Crippen molar-refractivity contribution >= 4 is 23.4 Å². The van der Waals surface area contributed by atoms with Gasteiger partial charge in [0.05, 0.1) is 20.1 Å². The number of benzene rings is 2. The molecule has 1 aliphatic carbocycles. The molecule has 1 aromatic heterocycles. The third-order valence-corrected chi connectivity index (χ3v) is 5.86. The smallest absolute Gasteiger partial charge is 0.309 e. The maximum Gasteiger partial charge on any atom is 0.309 e. The average molecular weight is 431 g/mol. The third-order valence-electron chi connectivity index (χ3n) is 5.86. The van der Waals surface area contributed by atoms with E-state index in [9.17, 15) is 9.59 Å². The highest BCUT2D eigenvalue weighted by molar-refractivity contribution is 6.00. The van der Waals surface area contributed by atoms with Crippen molar-refractivity contribution in [1.29, 1.82) is 0 Å². The summed E-state index contributed by atoms with van der Waals surface area (Å²) in [6.07, 6.45) is 5.78. The van der Waals surface area contributed by atoms with E-state index in [0.29, 0.717) is 24.4 Å². The van der Waals surface area contributed by atoms with E-state index in [2.05, 4.69) is 15.3 Å². The first kappa shape index (κ1) is 21.5. The first-order chi connectivity index (χ1) is 15.6. The fourth-order valence-corrected chi connectivity index (χ4v) is 4.09. The lowest BCUT2D eigenvalue weighted by atomic mass is 9.88. The van der Waals surface area contributed by atoms with Crippen LogP contribution in [-0.2, 0) is 9.53 Å². The van der Waals surface area contributed by atoms with Crippen LogP contribution in [0.1, 0.15) is 29.6 Å². The van der Waals surface area contributed by atoms with Crippen molar-refractivity contribution in [1.82, 2.24) is 9.97 Å². The van der Waals surface area contributed by atoms with Gasteiger partial charge in [-0.3, -0.25) is 9.59 Å². The molecule has 0 bridgehead atoms. The quantitative estimate of drug-likeness (QED) is 0.429. The third kappa shape index (κ3) is 4.61. The van der Waals surface area contributed by atoms with Crippen LogP contribution in [0.25, 0.3) is 11.1 Å². The Balaban J connectivity index is 1.41. The van der Waals surface area contributed by atoms with E-state index >= 15 is 0 Å². The van der Waals surface area contributed by atoms with Crippen molar-refractivity contribution in [2.24, 2.45) is 11.8 Å². The van der Waals surface area contributed by atoms with Gasteiger partial charge in [0.15, 0.2) is 5.78 Å². The van der Waals surface area contributed by atoms with Gasteiger partial charge in [-0.05, 0) is 54.8 Å². The van der Waals surface area contributed by atoms with Crippen LogP contribution in [0, 0.1) is 11.8 Å². The topological polar surface area (TPSA) is 90.4 Å². The van der Waals surface area contributed by atoms with Gasteiger partial charge in [-0.25, -0.2) is 9.97 Å². The minimum atomic E-state index is -0.345. The van der Waals surface area contributed by atoms with Crippen molar-refractivity contribution < 1.29 is 19.1 Å². The van der Waals surface area contributed by atoms with Crippen molar-refractivity contribution in [3.63, 3.8) is 0 Å². The van der Waals surface area contributed by atoms with Gasteiger partial charge in [-0.1, -0.05) is 18.6 Å². The molecule has 1 saturated carbocycles. The molecule has 32 heavy (non-hydrogen) atoms. The van der Waals surface area contributed by atoms with Gasteiger partial charge in [0.25, 0.3) is 0 Å². The van der Waals surface area contributed by atoms with Gasteiger partial charge in [0, 0.05) is 35.1 Å². The minimum Gasteiger partial charge on any atom is -0.497 e. The molecule has 2 unspecified atom stereocenters. The maximum atomic E-state index is 12.9. The average Bonchev–Trinajstić information content (AvgIpc) is 3.34. The largest absolute Gasteiger partial charge is 0.497 e. The van der Waals surface area contributed by atoms with E-state index in [0.717, 1.165) is 29.0 Å². The summed E-state index contributed by atoms with van der Waals surface area (Å²) in [7, 11) is 3.00. The zero-order chi connectivity index (χ0) is 22.5. The Hall–Kier alpha value is -3.74. The van der Waals surface area contributed by atoms with Gasteiger partial charge in [-0.2, -0.15) is 0 Å². The second kappa shape index (κ2) is 9.60. The van der Waals surface area contributed by atoms with Crippen molar-refractivity contribution in [3.8, 4) is 16.9 Å². The molecule has 0 saturated heterocycles. The molecule has 1 heterocycles. The Bertz CT molecular complexity index is 1080. The molecule has 0 spiro atoms. The highest BCUT2D eigenvalue weighted by Gasteiger charge is 2.38. The molecule has 2 atom stereocenters. The van der Waals surface area contributed by atoms with Crippen molar-refractivity contribution in [2.45, 2.75) is 19.3 Å². The summed E-state index contributed by atoms with van der Waals surface area (Å²) in [4.78, 5) is 33.6. The first-order valence-corrected chi connectivity index (χ1v) is 10.5. The number of carbonyl (C=O) groups is 2. The number of nitrogens with one attached hydrogen (secondary N) is 1. The molecule has 1 N–H and O–H groups in total. The predicted octanol–water partition coefficient (Wildman–Crippen LogP) is 4.67. The van der Waals surface area contributed by atoms with Crippen LogP contribution in [0.15, 0.2) is 60.9 Å². The zero-order valence-electron chi connectivity index (χ0n) is 18.1. The van der Waals surface area contributed by atoms with Gasteiger partial charge < -0.3 is 14.8 Å². The van der Waals surface area contributed by atoms with Gasteiger partial charge in [0.2, 0.25) is 5.95 Å². The number of rotatable bonds is 7. The summed E-state index contributed by atoms with van der Waals surface area (Å²) in [6.45, 7) is 0. The van der Waals surface area contributed by atoms with E-state index in [1.165, 1.54) is 7.11 Å². The lowest BCUT2D eigenvalue weighted by molar-refractivity contribution is -0.146. The lowest BCUT2D eigenvalue weighted by Gasteiger charge is -2.16. The summed E-state index contributed by atoms with van der Waals surface area (Å²) in [5, 5.41) is 3.15. The summed E-state index contributed by atoms with van der Waals surface area (Å²) < 4.78 is 10.0. The molecule has 3 aromatic rings. The molecular formula is C25H25N3O4. The molecular weight excluding hydrogens is 406 g/mol. The van der Waals surface area contributed by atoms with E-state index in [1.54, 1.807) is 31.6 Å². The van der Waals surface area contributed by atoms with Crippen molar-refractivity contribution in [2.75, 3.05) is 19.5 Å². The van der Waals surface area contributed by atoms with Gasteiger partial charge in [-0.15, -0.1) is 0 Å². The molecule has 164 valence electrons. The van der Waals surface area contributed by atoms with Crippen LogP contribution in [0.3, 0.4) is 0 Å². The number of hydrogen-bond acceptors (Lipinski definition) is 7. The molecule has 0 radical (unpaired) electrons. The zero-order valence-corrected chi connectivity index (χ0v) is 18.1. The van der Waals surface area contributed by atoms with Crippen LogP contribution in [-0.4, -0.2) is 35.9 Å². The van der Waals surface area contributed by atoms with Crippen LogP contribution >= 0.6 is 0 Å². The number of methoxy groups -OCH3 is 2. The number of aromatic nitrogens is 2. The van der Waals surface area contributed by atoms with Crippen LogP contribution in [0.5, 0.6) is 5.75 Å². The number of Topliss-reactive ketones (excluding diaryl/α,β-unsaturated/α-hetero) is 1. The number of nitrogens with zero attached hydrogens (tertiary/aromatic N) is 2. The van der Waals surface area contributed by atoms with Crippen LogP contribution in [0.2, 0.25) is 0 Å². The fourth-order valence-electron chi connectivity index (χ4n) is 4.09. The minimum absolute atomic E-state index is 0.00968. The van der Waals surface area contributed by atoms with Gasteiger partial charge in [0.1, 0.15) is 5.75 Å². The summed E-state index contributed by atoms with van der Waals surface area (Å²) in [5.41, 5.74) is 3.26. The molecule has 7 nitrogen and oxygen atoms in total. The van der Waals surface area contributed by atoms with Gasteiger partial charge >= 0.3 is 5.97 Å². The van der Waals surface area contributed by atoms with Crippen LogP contribution < -0.4 is 10.1 Å². The normalized spacial score (nSPS) is 17.6. The Kier molecular flexibility index (Phi) is 6.44. The number of hydrogen-bond donors (Lipinski definition) is 1. The Morgan fingerprint density at radius 1 is 0.875 bits per heavy atom. The first-order valence-electron chi connectivity index (χ1n) is 10.5. The standard InChI is InChI=1S/C25H25N3O4/c1-31-20-12-8-16(9-13-20)18-14-26-25(27-15-18)28-19-10-6-17(7-11-19)23(29)21-4-3-5-22(21)24(30)32-2/h6-15,21-22H,3-5H2,1-2H3,(H,26,27,28). The Morgan fingerprint density at radius 3 is 2.16 bits per heavy atom. The Labute approximate surface area is 186 Å². The highest BCUT2D eigenvalue weighted by Crippen LogP contribution is 2.35. The molecule has 0 aliphatic heterocycles. The summed E-state index contributed by atoms with van der Waals surface area (Å²) in [6, 6.07) is 14.9. The molecule has 7 heteroatoms. The predicted molar refractivity (Wildman–Crippen MR) is 121 cm³/mol. The van der Waals surface area contributed by atoms with E-state index in [1.807, 2.05) is 36.4 Å². The van der Waals surface area contributed by atoms with E-state index in [-0.39, 0.29) is 23.6 Å². The molecule has 1 aliphatic rings. The molecule has 0 amide bonds. The maximum absolute atomic E-state index is 12.9. The van der Waals surface area contributed by atoms with E-state index < -0.39 is 0 Å². The molecule has 1 fully saturated rings. The molecule has 4 rings (SSSR count). The number of ketones is 1. The lowest BCUT2D eigenvalue weighted by Crippen LogP contribution is -2.26. The SMILES string of the molecule is COC(=O)C1CCCC1C(=O)c1ccc(Nc2ncc(-c3ccc(OC)cc3)cn2)cc1. The number of anilines is 2. The number of carbonyl (C=O) groups excluding carboxylic acids is 2. The highest BCUT2D eigenvalue weighted by atomic mass is 16.5. The monoisotopic (exact) mass is 431 g/mol. The fraction of sp³-hybridized carbons (Fsp3) is 0.280. The second-order valence-electron chi connectivity index (χ2n) is 7.76. The van der Waals surface area contributed by atoms with Crippen molar-refractivity contribution in [3.05, 3.63) is 66.5 Å². The Morgan fingerprint density at radius 2 is 1.53 bits per heavy atom. The molecule has 2 aromatic carbocycles. The van der Waals surface area contributed by atoms with E-state index in [4.69, 9.17) is 9.47 Å². The van der Waals surface area contributed by atoms with Crippen LogP contribution in [0.4, 0.5) is 11.6 Å². The number of esters is 1.